The van der Waals surface area contributed by atoms with Crippen LogP contribution in [0.2, 0.25) is 25.1 Å². The van der Waals surface area contributed by atoms with Crippen LogP contribution in [0.25, 0.3) is 10.9 Å². The first-order chi connectivity index (χ1) is 10.5. The van der Waals surface area contributed by atoms with Crippen LogP contribution in [0.3, 0.4) is 0 Å². The second-order valence-corrected chi connectivity index (χ2v) is 6.09. The lowest BCUT2D eigenvalue weighted by Gasteiger charge is -2.13. The van der Waals surface area contributed by atoms with E-state index in [1.807, 2.05) is 24.3 Å². The van der Waals surface area contributed by atoms with E-state index >= 15 is 0 Å². The third-order valence-corrected chi connectivity index (χ3v) is 5.12. The smallest absolute Gasteiger partial charge is 0.230 e. The normalized spacial score (nSPS) is 11.0. The number of rotatable bonds is 2. The molecule has 3 aromatic rings. The minimum absolute atomic E-state index is 0.0590. The zero-order chi connectivity index (χ0) is 15.9. The van der Waals surface area contributed by atoms with Crippen LogP contribution in [0.5, 0.6) is 11.6 Å². The number of nitrogens with zero attached hydrogens (tertiary/aromatic N) is 2. The second kappa shape index (κ2) is 6.26. The quantitative estimate of drug-likeness (QED) is 0.359. The zero-order valence-corrected chi connectivity index (χ0v) is 14.4. The summed E-state index contributed by atoms with van der Waals surface area (Å²) >= 11 is 30.3. The Morgan fingerprint density at radius 3 is 2.00 bits per heavy atom. The Morgan fingerprint density at radius 2 is 1.32 bits per heavy atom. The van der Waals surface area contributed by atoms with Gasteiger partial charge in [-0.05, 0) is 12.1 Å². The molecular formula is C14H5Cl5N2O. The van der Waals surface area contributed by atoms with E-state index in [4.69, 9.17) is 62.7 Å². The van der Waals surface area contributed by atoms with Gasteiger partial charge in [-0.1, -0.05) is 70.1 Å². The third kappa shape index (κ3) is 2.68. The fraction of sp³-hybridized carbons (Fsp3) is 0. The molecule has 0 fully saturated rings. The topological polar surface area (TPSA) is 35.0 Å². The highest BCUT2D eigenvalue weighted by Crippen LogP contribution is 2.49. The van der Waals surface area contributed by atoms with Crippen molar-refractivity contribution >= 4 is 68.9 Å². The van der Waals surface area contributed by atoms with Crippen LogP contribution in [0.1, 0.15) is 0 Å². The highest BCUT2D eigenvalue weighted by Gasteiger charge is 2.22. The van der Waals surface area contributed by atoms with Gasteiger partial charge in [0.15, 0.2) is 5.75 Å². The van der Waals surface area contributed by atoms with Crippen molar-refractivity contribution in [2.45, 2.75) is 0 Å². The average Bonchev–Trinajstić information content (AvgIpc) is 2.55. The van der Waals surface area contributed by atoms with Crippen molar-refractivity contribution in [1.82, 2.24) is 9.97 Å². The summed E-state index contributed by atoms with van der Waals surface area (Å²) in [6, 6.07) is 7.33. The lowest BCUT2D eigenvalue weighted by Crippen LogP contribution is -1.94. The summed E-state index contributed by atoms with van der Waals surface area (Å²) in [7, 11) is 0. The summed E-state index contributed by atoms with van der Waals surface area (Å²) < 4.78 is 5.73. The fourth-order valence-corrected chi connectivity index (χ4v) is 3.03. The molecule has 0 aliphatic carbocycles. The second-order valence-electron chi connectivity index (χ2n) is 4.20. The van der Waals surface area contributed by atoms with E-state index in [9.17, 15) is 0 Å². The summed E-state index contributed by atoms with van der Waals surface area (Å²) in [6.07, 6.45) is 1.37. The number of para-hydroxylation sites is 1. The van der Waals surface area contributed by atoms with Crippen LogP contribution in [-0.4, -0.2) is 9.97 Å². The van der Waals surface area contributed by atoms with Crippen molar-refractivity contribution < 1.29 is 4.74 Å². The monoisotopic (exact) mass is 392 g/mol. The summed E-state index contributed by atoms with van der Waals surface area (Å²) in [6.45, 7) is 0. The van der Waals surface area contributed by atoms with Gasteiger partial charge in [0.1, 0.15) is 16.4 Å². The minimum atomic E-state index is 0.0590. The summed E-state index contributed by atoms with van der Waals surface area (Å²) in [5, 5.41) is 1.00. The lowest BCUT2D eigenvalue weighted by molar-refractivity contribution is 0.469. The van der Waals surface area contributed by atoms with Crippen molar-refractivity contribution in [1.29, 1.82) is 0 Å². The summed E-state index contributed by atoms with van der Waals surface area (Å²) in [4.78, 5) is 8.24. The lowest BCUT2D eigenvalue weighted by atomic mass is 10.2. The predicted molar refractivity (Wildman–Crippen MR) is 91.1 cm³/mol. The maximum absolute atomic E-state index is 6.15. The molecule has 8 heteroatoms. The van der Waals surface area contributed by atoms with Gasteiger partial charge in [0.05, 0.1) is 26.0 Å². The third-order valence-electron chi connectivity index (χ3n) is 2.87. The molecule has 1 heterocycles. The largest absolute Gasteiger partial charge is 0.435 e. The molecule has 1 aromatic heterocycles. The number of aromatic nitrogens is 2. The molecule has 22 heavy (non-hydrogen) atoms. The molecule has 0 saturated heterocycles. The standard InChI is InChI=1S/C14H5Cl5N2O/c15-8-9(16)11(18)13(12(19)10(8)17)22-14-6-3-1-2-4-7(6)20-5-21-14/h1-5H. The van der Waals surface area contributed by atoms with E-state index in [1.165, 1.54) is 6.33 Å². The van der Waals surface area contributed by atoms with E-state index in [2.05, 4.69) is 9.97 Å². The molecule has 0 bridgehead atoms. The highest BCUT2D eigenvalue weighted by atomic mass is 35.5. The maximum Gasteiger partial charge on any atom is 0.230 e. The number of hydrogen-bond acceptors (Lipinski definition) is 3. The minimum Gasteiger partial charge on any atom is -0.435 e. The first-order valence-electron chi connectivity index (χ1n) is 5.89. The fourth-order valence-electron chi connectivity index (χ4n) is 1.83. The summed E-state index contributed by atoms with van der Waals surface area (Å²) in [5.74, 6) is 0.371. The van der Waals surface area contributed by atoms with Crippen molar-refractivity contribution in [3.05, 3.63) is 55.7 Å². The van der Waals surface area contributed by atoms with Crippen LogP contribution in [0, 0.1) is 0 Å². The van der Waals surface area contributed by atoms with E-state index in [0.29, 0.717) is 10.9 Å². The average molecular weight is 394 g/mol. The highest BCUT2D eigenvalue weighted by molar-refractivity contribution is 6.55. The number of ether oxygens (including phenoxy) is 1. The van der Waals surface area contributed by atoms with Gasteiger partial charge >= 0.3 is 0 Å². The van der Waals surface area contributed by atoms with Gasteiger partial charge in [0.25, 0.3) is 0 Å². The van der Waals surface area contributed by atoms with Gasteiger partial charge in [-0.3, -0.25) is 0 Å². The Balaban J connectivity index is 2.18. The van der Waals surface area contributed by atoms with Gasteiger partial charge in [-0.25, -0.2) is 9.97 Å². The van der Waals surface area contributed by atoms with Crippen molar-refractivity contribution in [2.24, 2.45) is 0 Å². The Bertz CT molecular complexity index is 850. The van der Waals surface area contributed by atoms with Gasteiger partial charge in [0, 0.05) is 0 Å². The van der Waals surface area contributed by atoms with Crippen LogP contribution < -0.4 is 4.74 Å². The molecule has 0 aliphatic rings. The molecule has 0 amide bonds. The zero-order valence-electron chi connectivity index (χ0n) is 10.6. The van der Waals surface area contributed by atoms with Gasteiger partial charge in [-0.15, -0.1) is 0 Å². The molecule has 0 saturated carbocycles. The number of benzene rings is 2. The van der Waals surface area contributed by atoms with Crippen LogP contribution in [0.4, 0.5) is 0 Å². The van der Waals surface area contributed by atoms with Crippen LogP contribution >= 0.6 is 58.0 Å². The molecule has 0 radical (unpaired) electrons. The van der Waals surface area contributed by atoms with Crippen molar-refractivity contribution in [2.75, 3.05) is 0 Å². The van der Waals surface area contributed by atoms with E-state index < -0.39 is 0 Å². The number of fused-ring (bicyclic) bond motifs is 1. The van der Waals surface area contributed by atoms with Crippen LogP contribution in [-0.2, 0) is 0 Å². The van der Waals surface area contributed by atoms with E-state index in [1.54, 1.807) is 0 Å². The predicted octanol–water partition coefficient (Wildman–Crippen LogP) is 6.69. The van der Waals surface area contributed by atoms with E-state index in [0.717, 1.165) is 0 Å². The molecular weight excluding hydrogens is 389 g/mol. The Morgan fingerprint density at radius 1 is 0.727 bits per heavy atom. The first kappa shape index (κ1) is 15.9. The molecule has 0 spiro atoms. The SMILES string of the molecule is Clc1c(Cl)c(Cl)c(Oc2ncnc3ccccc23)c(Cl)c1Cl. The maximum atomic E-state index is 6.15. The number of halogens is 5. The first-order valence-corrected chi connectivity index (χ1v) is 7.78. The molecule has 112 valence electrons. The summed E-state index contributed by atoms with van der Waals surface area (Å²) in [5.41, 5.74) is 0.714. The van der Waals surface area contributed by atoms with Gasteiger partial charge in [-0.2, -0.15) is 0 Å². The molecule has 2 aromatic carbocycles. The van der Waals surface area contributed by atoms with Crippen LogP contribution in [0.15, 0.2) is 30.6 Å². The Kier molecular flexibility index (Phi) is 4.53. The number of hydrogen-bond donors (Lipinski definition) is 0. The Labute approximate surface area is 150 Å². The van der Waals surface area contributed by atoms with Gasteiger partial charge in [0.2, 0.25) is 5.88 Å². The molecule has 0 N–H and O–H groups in total. The van der Waals surface area contributed by atoms with Gasteiger partial charge < -0.3 is 4.74 Å². The van der Waals surface area contributed by atoms with E-state index in [-0.39, 0.29) is 36.7 Å². The van der Waals surface area contributed by atoms with Crippen molar-refractivity contribution in [3.63, 3.8) is 0 Å². The molecule has 3 rings (SSSR count). The molecule has 0 aliphatic heterocycles. The Hall–Kier alpha value is -0.970. The molecule has 3 nitrogen and oxygen atoms in total. The molecule has 0 unspecified atom stereocenters. The van der Waals surface area contributed by atoms with Crippen molar-refractivity contribution in [3.8, 4) is 11.6 Å². The molecule has 0 atom stereocenters.